The molecule has 1 aliphatic carbocycles. The average molecular weight is 303 g/mol. The fourth-order valence-electron chi connectivity index (χ4n) is 2.17. The van der Waals surface area contributed by atoms with E-state index in [1.165, 1.54) is 13.1 Å². The van der Waals surface area contributed by atoms with Crippen molar-refractivity contribution in [2.45, 2.75) is 31.0 Å². The minimum Gasteiger partial charge on any atom is -0.356 e. The Morgan fingerprint density at radius 1 is 1.33 bits per heavy atom. The Morgan fingerprint density at radius 3 is 2.67 bits per heavy atom. The molecular formula is C14H17F4N3. The van der Waals surface area contributed by atoms with Gasteiger partial charge in [-0.1, -0.05) is 18.2 Å². The zero-order valence-corrected chi connectivity index (χ0v) is 11.5. The highest BCUT2D eigenvalue weighted by molar-refractivity contribution is 5.80. The van der Waals surface area contributed by atoms with Crippen molar-refractivity contribution in [3.63, 3.8) is 0 Å². The maximum absolute atomic E-state index is 13.6. The van der Waals surface area contributed by atoms with Gasteiger partial charge in [0.05, 0.1) is 6.42 Å². The van der Waals surface area contributed by atoms with E-state index in [-0.39, 0.29) is 24.3 Å². The molecule has 0 bridgehead atoms. The van der Waals surface area contributed by atoms with Gasteiger partial charge in [0.15, 0.2) is 5.96 Å². The molecule has 0 radical (unpaired) electrons. The van der Waals surface area contributed by atoms with E-state index < -0.39 is 12.6 Å². The molecule has 0 aliphatic heterocycles. The largest absolute Gasteiger partial charge is 0.390 e. The summed E-state index contributed by atoms with van der Waals surface area (Å²) >= 11 is 0. The Morgan fingerprint density at radius 2 is 2.05 bits per heavy atom. The average Bonchev–Trinajstić information content (AvgIpc) is 3.16. The van der Waals surface area contributed by atoms with Gasteiger partial charge < -0.3 is 10.6 Å². The van der Waals surface area contributed by atoms with Crippen LogP contribution < -0.4 is 10.6 Å². The molecule has 2 atom stereocenters. The molecule has 2 rings (SSSR count). The van der Waals surface area contributed by atoms with E-state index in [4.69, 9.17) is 0 Å². The molecule has 0 aromatic heterocycles. The van der Waals surface area contributed by atoms with E-state index in [1.54, 1.807) is 18.2 Å². The number of hydrogen-bond acceptors (Lipinski definition) is 1. The summed E-state index contributed by atoms with van der Waals surface area (Å²) in [5.74, 6) is 0.0854. The number of rotatable bonds is 4. The maximum atomic E-state index is 13.6. The van der Waals surface area contributed by atoms with Gasteiger partial charge in [-0.3, -0.25) is 4.99 Å². The Balaban J connectivity index is 1.81. The smallest absolute Gasteiger partial charge is 0.356 e. The minimum absolute atomic E-state index is 0.000938. The van der Waals surface area contributed by atoms with Gasteiger partial charge in [0.2, 0.25) is 0 Å². The number of guanidine groups is 1. The SMILES string of the molecule is CN=C(NCCC(F)(F)F)NC1CC1c1ccccc1F. The van der Waals surface area contributed by atoms with E-state index in [0.29, 0.717) is 11.5 Å². The van der Waals surface area contributed by atoms with Gasteiger partial charge in [-0.15, -0.1) is 0 Å². The first kappa shape index (κ1) is 15.6. The number of nitrogens with one attached hydrogen (secondary N) is 2. The molecule has 1 saturated carbocycles. The molecule has 116 valence electrons. The lowest BCUT2D eigenvalue weighted by atomic mass is 10.1. The van der Waals surface area contributed by atoms with Crippen LogP contribution in [0.2, 0.25) is 0 Å². The van der Waals surface area contributed by atoms with Gasteiger partial charge in [-0.2, -0.15) is 13.2 Å². The number of alkyl halides is 3. The lowest BCUT2D eigenvalue weighted by Gasteiger charge is -2.13. The third kappa shape index (κ3) is 4.61. The monoisotopic (exact) mass is 303 g/mol. The van der Waals surface area contributed by atoms with E-state index in [2.05, 4.69) is 15.6 Å². The van der Waals surface area contributed by atoms with Crippen molar-refractivity contribution in [2.75, 3.05) is 13.6 Å². The second-order valence-electron chi connectivity index (χ2n) is 4.98. The molecular weight excluding hydrogens is 286 g/mol. The molecule has 0 heterocycles. The van der Waals surface area contributed by atoms with Gasteiger partial charge in [0.25, 0.3) is 0 Å². The second-order valence-corrected chi connectivity index (χ2v) is 4.98. The Labute approximate surface area is 120 Å². The summed E-state index contributed by atoms with van der Waals surface area (Å²) in [6.45, 7) is -0.236. The van der Waals surface area contributed by atoms with E-state index in [9.17, 15) is 17.6 Å². The number of nitrogens with zero attached hydrogens (tertiary/aromatic N) is 1. The van der Waals surface area contributed by atoms with Crippen LogP contribution in [0.25, 0.3) is 0 Å². The third-order valence-corrected chi connectivity index (χ3v) is 3.34. The van der Waals surface area contributed by atoms with Gasteiger partial charge >= 0.3 is 6.18 Å². The predicted octanol–water partition coefficient (Wildman–Crippen LogP) is 2.80. The molecule has 0 saturated heterocycles. The highest BCUT2D eigenvalue weighted by atomic mass is 19.4. The van der Waals surface area contributed by atoms with Gasteiger partial charge in [0, 0.05) is 25.6 Å². The van der Waals surface area contributed by atoms with Crippen LogP contribution in [-0.4, -0.2) is 31.8 Å². The van der Waals surface area contributed by atoms with Crippen LogP contribution in [0.4, 0.5) is 17.6 Å². The Bertz CT molecular complexity index is 513. The Kier molecular flexibility index (Phi) is 4.69. The summed E-state index contributed by atoms with van der Waals surface area (Å²) in [4.78, 5) is 3.87. The molecule has 1 fully saturated rings. The molecule has 21 heavy (non-hydrogen) atoms. The van der Waals surface area contributed by atoms with Crippen LogP contribution in [0.3, 0.4) is 0 Å². The van der Waals surface area contributed by atoms with Gasteiger partial charge in [-0.25, -0.2) is 4.39 Å². The van der Waals surface area contributed by atoms with Gasteiger partial charge in [0.1, 0.15) is 5.82 Å². The van der Waals surface area contributed by atoms with Crippen LogP contribution >= 0.6 is 0 Å². The van der Waals surface area contributed by atoms with Crippen molar-refractivity contribution in [1.29, 1.82) is 0 Å². The fourth-order valence-corrected chi connectivity index (χ4v) is 2.17. The summed E-state index contributed by atoms with van der Waals surface area (Å²) < 4.78 is 49.8. The highest BCUT2D eigenvalue weighted by Gasteiger charge is 2.40. The lowest BCUT2D eigenvalue weighted by Crippen LogP contribution is -2.40. The minimum atomic E-state index is -4.19. The zero-order chi connectivity index (χ0) is 15.5. The zero-order valence-electron chi connectivity index (χ0n) is 11.5. The fraction of sp³-hybridized carbons (Fsp3) is 0.500. The third-order valence-electron chi connectivity index (χ3n) is 3.34. The summed E-state index contributed by atoms with van der Waals surface area (Å²) in [5.41, 5.74) is 0.626. The van der Waals surface area contributed by atoms with Crippen LogP contribution in [-0.2, 0) is 0 Å². The van der Waals surface area contributed by atoms with Crippen LogP contribution in [0, 0.1) is 5.82 Å². The lowest BCUT2D eigenvalue weighted by molar-refractivity contribution is -0.132. The maximum Gasteiger partial charge on any atom is 0.390 e. The van der Waals surface area contributed by atoms with Crippen molar-refractivity contribution < 1.29 is 17.6 Å². The molecule has 0 amide bonds. The van der Waals surface area contributed by atoms with Crippen LogP contribution in [0.1, 0.15) is 24.3 Å². The summed E-state index contributed by atoms with van der Waals surface area (Å²) in [7, 11) is 1.49. The molecule has 2 unspecified atom stereocenters. The molecule has 3 nitrogen and oxygen atoms in total. The van der Waals surface area contributed by atoms with E-state index >= 15 is 0 Å². The molecule has 1 aromatic rings. The first-order valence-electron chi connectivity index (χ1n) is 6.69. The normalized spacial score (nSPS) is 22.0. The number of hydrogen-bond donors (Lipinski definition) is 2. The summed E-state index contributed by atoms with van der Waals surface area (Å²) in [5, 5.41) is 5.62. The van der Waals surface area contributed by atoms with E-state index in [1.807, 2.05) is 0 Å². The van der Waals surface area contributed by atoms with Crippen molar-refractivity contribution >= 4 is 5.96 Å². The standard InChI is InChI=1S/C14H17F4N3/c1-19-13(20-7-6-14(16,17)18)21-12-8-10(12)9-4-2-3-5-11(9)15/h2-5,10,12H,6-8H2,1H3,(H2,19,20,21). The number of halogens is 4. The first-order valence-corrected chi connectivity index (χ1v) is 6.69. The van der Waals surface area contributed by atoms with Crippen molar-refractivity contribution in [2.24, 2.45) is 4.99 Å². The summed E-state index contributed by atoms with van der Waals surface area (Å²) in [6.07, 6.45) is -4.38. The molecule has 7 heteroatoms. The van der Waals surface area contributed by atoms with Gasteiger partial charge in [-0.05, 0) is 18.1 Å². The molecule has 1 aromatic carbocycles. The van der Waals surface area contributed by atoms with Crippen molar-refractivity contribution in [3.05, 3.63) is 35.6 Å². The molecule has 1 aliphatic rings. The van der Waals surface area contributed by atoms with Crippen LogP contribution in [0.5, 0.6) is 0 Å². The second kappa shape index (κ2) is 6.32. The number of benzene rings is 1. The van der Waals surface area contributed by atoms with Crippen molar-refractivity contribution in [1.82, 2.24) is 10.6 Å². The van der Waals surface area contributed by atoms with Crippen molar-refractivity contribution in [3.8, 4) is 0 Å². The highest BCUT2D eigenvalue weighted by Crippen LogP contribution is 2.41. The quantitative estimate of drug-likeness (QED) is 0.510. The van der Waals surface area contributed by atoms with E-state index in [0.717, 1.165) is 6.42 Å². The number of aliphatic imine (C=N–C) groups is 1. The molecule has 2 N–H and O–H groups in total. The topological polar surface area (TPSA) is 36.4 Å². The molecule has 0 spiro atoms. The Hall–Kier alpha value is -1.79. The predicted molar refractivity (Wildman–Crippen MR) is 72.7 cm³/mol. The first-order chi connectivity index (χ1) is 9.90. The summed E-state index contributed by atoms with van der Waals surface area (Å²) in [6, 6.07) is 6.52. The van der Waals surface area contributed by atoms with Crippen LogP contribution in [0.15, 0.2) is 29.3 Å².